The number of anilines is 2. The van der Waals surface area contributed by atoms with E-state index in [2.05, 4.69) is 10.4 Å². The van der Waals surface area contributed by atoms with Gasteiger partial charge in [0.05, 0.1) is 11.9 Å². The number of esters is 1. The third-order valence-electron chi connectivity index (χ3n) is 2.73. The molecule has 3 N–H and O–H groups in total. The van der Waals surface area contributed by atoms with Gasteiger partial charge in [-0.25, -0.2) is 0 Å². The van der Waals surface area contributed by atoms with Gasteiger partial charge in [0.1, 0.15) is 6.54 Å². The zero-order valence-electron chi connectivity index (χ0n) is 11.6. The molecule has 110 valence electrons. The zero-order chi connectivity index (χ0) is 15.2. The van der Waals surface area contributed by atoms with Gasteiger partial charge in [-0.2, -0.15) is 5.10 Å². The number of carbonyl (C=O) groups is 2. The Bertz CT molecular complexity index is 651. The minimum Gasteiger partial charge on any atom is -0.454 e. The molecule has 1 aromatic heterocycles. The highest BCUT2D eigenvalue weighted by atomic mass is 16.5. The second-order valence-corrected chi connectivity index (χ2v) is 4.50. The highest BCUT2D eigenvalue weighted by Gasteiger charge is 2.10. The number of nitrogens with one attached hydrogen (secondary N) is 1. The van der Waals surface area contributed by atoms with Crippen LogP contribution >= 0.6 is 0 Å². The van der Waals surface area contributed by atoms with E-state index in [1.807, 2.05) is 25.1 Å². The fourth-order valence-corrected chi connectivity index (χ4v) is 1.69. The van der Waals surface area contributed by atoms with E-state index < -0.39 is 11.9 Å². The predicted molar refractivity (Wildman–Crippen MR) is 77.4 cm³/mol. The molecule has 2 rings (SSSR count). The van der Waals surface area contributed by atoms with E-state index in [4.69, 9.17) is 10.5 Å². The predicted octanol–water partition coefficient (Wildman–Crippen LogP) is 0.956. The molecule has 7 nitrogen and oxygen atoms in total. The van der Waals surface area contributed by atoms with E-state index in [1.54, 1.807) is 6.07 Å². The standard InChI is InChI=1S/C14H16N4O3/c1-10-4-2-3-5-12(10)17-13(19)9-21-14(20)8-18-7-11(15)6-16-18/h2-7H,8-9,15H2,1H3,(H,17,19). The number of aryl methyl sites for hydroxylation is 1. The number of para-hydroxylation sites is 1. The fraction of sp³-hybridized carbons (Fsp3) is 0.214. The van der Waals surface area contributed by atoms with Crippen molar-refractivity contribution in [1.29, 1.82) is 0 Å². The summed E-state index contributed by atoms with van der Waals surface area (Å²) >= 11 is 0. The van der Waals surface area contributed by atoms with Crippen LogP contribution in [-0.2, 0) is 20.9 Å². The van der Waals surface area contributed by atoms with Crippen LogP contribution in [0.5, 0.6) is 0 Å². The van der Waals surface area contributed by atoms with Gasteiger partial charge < -0.3 is 15.8 Å². The molecule has 0 aliphatic heterocycles. The Hall–Kier alpha value is -2.83. The molecule has 0 saturated carbocycles. The summed E-state index contributed by atoms with van der Waals surface area (Å²) in [5, 5.41) is 6.53. The number of hydrogen-bond donors (Lipinski definition) is 2. The average Bonchev–Trinajstić information content (AvgIpc) is 2.84. The molecule has 0 atom stereocenters. The highest BCUT2D eigenvalue weighted by molar-refractivity contribution is 5.93. The van der Waals surface area contributed by atoms with Gasteiger partial charge in [-0.15, -0.1) is 0 Å². The normalized spacial score (nSPS) is 10.1. The van der Waals surface area contributed by atoms with E-state index in [9.17, 15) is 9.59 Å². The van der Waals surface area contributed by atoms with Crippen LogP contribution in [0.25, 0.3) is 0 Å². The molecule has 1 aromatic carbocycles. The summed E-state index contributed by atoms with van der Waals surface area (Å²) in [6.45, 7) is 1.45. The number of hydrogen-bond acceptors (Lipinski definition) is 5. The smallest absolute Gasteiger partial charge is 0.328 e. The molecule has 7 heteroatoms. The van der Waals surface area contributed by atoms with Crippen molar-refractivity contribution in [3.05, 3.63) is 42.2 Å². The minimum atomic E-state index is -0.557. The van der Waals surface area contributed by atoms with Crippen LogP contribution in [0.1, 0.15) is 5.56 Å². The molecule has 0 aliphatic carbocycles. The first-order chi connectivity index (χ1) is 10.0. The first-order valence-corrected chi connectivity index (χ1v) is 6.33. The number of aromatic nitrogens is 2. The number of nitrogens with two attached hydrogens (primary N) is 1. The van der Waals surface area contributed by atoms with Crippen molar-refractivity contribution in [2.45, 2.75) is 13.5 Å². The monoisotopic (exact) mass is 288 g/mol. The maximum absolute atomic E-state index is 11.7. The number of ether oxygens (including phenoxy) is 1. The Balaban J connectivity index is 1.78. The van der Waals surface area contributed by atoms with Crippen molar-refractivity contribution in [2.24, 2.45) is 0 Å². The lowest BCUT2D eigenvalue weighted by molar-refractivity contribution is -0.148. The van der Waals surface area contributed by atoms with Crippen molar-refractivity contribution < 1.29 is 14.3 Å². The topological polar surface area (TPSA) is 99.2 Å². The summed E-state index contributed by atoms with van der Waals surface area (Å²) in [5.74, 6) is -0.948. The average molecular weight is 288 g/mol. The molecule has 0 spiro atoms. The zero-order valence-corrected chi connectivity index (χ0v) is 11.6. The van der Waals surface area contributed by atoms with Gasteiger partial charge in [0, 0.05) is 11.9 Å². The maximum Gasteiger partial charge on any atom is 0.328 e. The summed E-state index contributed by atoms with van der Waals surface area (Å²) in [6.07, 6.45) is 2.94. The number of carbonyl (C=O) groups excluding carboxylic acids is 2. The summed E-state index contributed by atoms with van der Waals surface area (Å²) in [5.41, 5.74) is 7.56. The van der Waals surface area contributed by atoms with Gasteiger partial charge in [0.2, 0.25) is 0 Å². The Kier molecular flexibility index (Phi) is 4.55. The quantitative estimate of drug-likeness (QED) is 0.798. The molecule has 0 radical (unpaired) electrons. The maximum atomic E-state index is 11.7. The molecule has 1 amide bonds. The number of benzene rings is 1. The van der Waals surface area contributed by atoms with Crippen LogP contribution in [-0.4, -0.2) is 28.3 Å². The second kappa shape index (κ2) is 6.56. The molecule has 1 heterocycles. The van der Waals surface area contributed by atoms with E-state index >= 15 is 0 Å². The van der Waals surface area contributed by atoms with E-state index in [0.717, 1.165) is 5.56 Å². The van der Waals surface area contributed by atoms with Crippen molar-refractivity contribution in [2.75, 3.05) is 17.7 Å². The van der Waals surface area contributed by atoms with Crippen molar-refractivity contribution in [3.8, 4) is 0 Å². The fourth-order valence-electron chi connectivity index (χ4n) is 1.69. The summed E-state index contributed by atoms with van der Waals surface area (Å²) in [4.78, 5) is 23.2. The minimum absolute atomic E-state index is 0.0884. The Morgan fingerprint density at radius 1 is 1.38 bits per heavy atom. The second-order valence-electron chi connectivity index (χ2n) is 4.50. The number of rotatable bonds is 5. The third kappa shape index (κ3) is 4.34. The van der Waals surface area contributed by atoms with Gasteiger partial charge >= 0.3 is 5.97 Å². The van der Waals surface area contributed by atoms with Crippen molar-refractivity contribution in [3.63, 3.8) is 0 Å². The van der Waals surface area contributed by atoms with Gasteiger partial charge in [-0.1, -0.05) is 18.2 Å². The van der Waals surface area contributed by atoms with Gasteiger partial charge in [-0.05, 0) is 18.6 Å². The van der Waals surface area contributed by atoms with E-state index in [-0.39, 0.29) is 13.2 Å². The van der Waals surface area contributed by atoms with Gasteiger partial charge in [0.15, 0.2) is 6.61 Å². The molecule has 21 heavy (non-hydrogen) atoms. The molecular weight excluding hydrogens is 272 g/mol. The number of amides is 1. The Morgan fingerprint density at radius 3 is 2.81 bits per heavy atom. The first-order valence-electron chi connectivity index (χ1n) is 6.33. The molecule has 0 fully saturated rings. The molecule has 2 aromatic rings. The van der Waals surface area contributed by atoms with Crippen LogP contribution in [0.2, 0.25) is 0 Å². The molecule has 0 saturated heterocycles. The highest BCUT2D eigenvalue weighted by Crippen LogP contribution is 2.12. The summed E-state index contributed by atoms with van der Waals surface area (Å²) in [6, 6.07) is 7.35. The largest absolute Gasteiger partial charge is 0.454 e. The third-order valence-corrected chi connectivity index (χ3v) is 2.73. The van der Waals surface area contributed by atoms with Gasteiger partial charge in [0.25, 0.3) is 5.91 Å². The van der Waals surface area contributed by atoms with Crippen LogP contribution in [0.4, 0.5) is 11.4 Å². The lowest BCUT2D eigenvalue weighted by Crippen LogP contribution is -2.23. The molecule has 0 bridgehead atoms. The lowest BCUT2D eigenvalue weighted by atomic mass is 10.2. The van der Waals surface area contributed by atoms with Crippen molar-refractivity contribution >= 4 is 23.3 Å². The number of nitrogens with zero attached hydrogens (tertiary/aromatic N) is 2. The van der Waals surface area contributed by atoms with Crippen LogP contribution in [0, 0.1) is 6.92 Å². The van der Waals surface area contributed by atoms with Crippen molar-refractivity contribution in [1.82, 2.24) is 9.78 Å². The van der Waals surface area contributed by atoms with E-state index in [0.29, 0.717) is 11.4 Å². The van der Waals surface area contributed by atoms with E-state index in [1.165, 1.54) is 17.1 Å². The Morgan fingerprint density at radius 2 is 2.14 bits per heavy atom. The molecule has 0 aliphatic rings. The summed E-state index contributed by atoms with van der Waals surface area (Å²) < 4.78 is 6.22. The lowest BCUT2D eigenvalue weighted by Gasteiger charge is -2.08. The summed E-state index contributed by atoms with van der Waals surface area (Å²) in [7, 11) is 0. The SMILES string of the molecule is Cc1ccccc1NC(=O)COC(=O)Cn1cc(N)cn1. The van der Waals surface area contributed by atoms with Crippen LogP contribution in [0.15, 0.2) is 36.7 Å². The van der Waals surface area contributed by atoms with Crippen LogP contribution in [0.3, 0.4) is 0 Å². The van der Waals surface area contributed by atoms with Gasteiger partial charge in [-0.3, -0.25) is 14.3 Å². The molecule has 0 unspecified atom stereocenters. The first kappa shape index (κ1) is 14.6. The Labute approximate surface area is 121 Å². The van der Waals surface area contributed by atoms with Crippen LogP contribution < -0.4 is 11.1 Å². The number of nitrogen functional groups attached to an aromatic ring is 1. The molecular formula is C14H16N4O3.